The first-order chi connectivity index (χ1) is 12.4. The van der Waals surface area contributed by atoms with Crippen molar-refractivity contribution in [2.24, 2.45) is 0 Å². The van der Waals surface area contributed by atoms with Crippen molar-refractivity contribution in [1.29, 1.82) is 0 Å². The average Bonchev–Trinajstić information content (AvgIpc) is 2.66. The molecule has 0 heterocycles. The third kappa shape index (κ3) is 4.76. The van der Waals surface area contributed by atoms with Crippen LogP contribution in [0.4, 0.5) is 10.1 Å². The fourth-order valence-electron chi connectivity index (χ4n) is 2.10. The van der Waals surface area contributed by atoms with Gasteiger partial charge in [-0.2, -0.15) is 0 Å². The van der Waals surface area contributed by atoms with Crippen molar-refractivity contribution < 1.29 is 28.2 Å². The maximum atomic E-state index is 12.9. The molecule has 0 saturated carbocycles. The molecule has 26 heavy (non-hydrogen) atoms. The first-order valence-corrected chi connectivity index (χ1v) is 7.50. The summed E-state index contributed by atoms with van der Waals surface area (Å²) in [6, 6.07) is 9.63. The zero-order valence-corrected chi connectivity index (χ0v) is 14.1. The topological polar surface area (TPSA) is 81.7 Å². The molecule has 0 fully saturated rings. The van der Waals surface area contributed by atoms with Crippen molar-refractivity contribution >= 4 is 29.6 Å². The lowest BCUT2D eigenvalue weighted by atomic mass is 10.1. The van der Waals surface area contributed by atoms with Crippen LogP contribution in [0.2, 0.25) is 0 Å². The average molecular weight is 357 g/mol. The van der Waals surface area contributed by atoms with E-state index in [0.29, 0.717) is 5.56 Å². The van der Waals surface area contributed by atoms with Gasteiger partial charge in [0.1, 0.15) is 5.82 Å². The number of esters is 2. The van der Waals surface area contributed by atoms with Crippen molar-refractivity contribution in [3.05, 3.63) is 71.0 Å². The standard InChI is InChI=1S/C19H16FNO5/c1-25-18(23)13-6-9-15(19(24)26-2)16(11-13)21-17(22)10-5-12-3-7-14(20)8-4-12/h3-11H,1-2H3,(H,21,22)/b10-5+. The zero-order valence-electron chi connectivity index (χ0n) is 14.1. The van der Waals surface area contributed by atoms with Crippen LogP contribution in [0.5, 0.6) is 0 Å². The molecule has 0 aliphatic carbocycles. The molecule has 0 atom stereocenters. The molecule has 1 amide bonds. The molecule has 2 aromatic rings. The van der Waals surface area contributed by atoms with E-state index in [1.807, 2.05) is 0 Å². The maximum absolute atomic E-state index is 12.9. The van der Waals surface area contributed by atoms with E-state index in [-0.39, 0.29) is 22.6 Å². The summed E-state index contributed by atoms with van der Waals surface area (Å²) in [5.41, 5.74) is 0.980. The van der Waals surface area contributed by atoms with Gasteiger partial charge in [0.05, 0.1) is 31.0 Å². The summed E-state index contributed by atoms with van der Waals surface area (Å²) in [5, 5.41) is 2.52. The predicted molar refractivity (Wildman–Crippen MR) is 93.2 cm³/mol. The summed E-state index contributed by atoms with van der Waals surface area (Å²) in [6.45, 7) is 0. The molecule has 0 aromatic heterocycles. The Labute approximate surface area is 149 Å². The summed E-state index contributed by atoms with van der Waals surface area (Å²) in [6.07, 6.45) is 2.70. The summed E-state index contributed by atoms with van der Waals surface area (Å²) in [7, 11) is 2.43. The molecule has 134 valence electrons. The molecule has 0 aliphatic rings. The lowest BCUT2D eigenvalue weighted by Crippen LogP contribution is -2.14. The van der Waals surface area contributed by atoms with E-state index >= 15 is 0 Å². The molecule has 0 radical (unpaired) electrons. The van der Waals surface area contributed by atoms with Crippen LogP contribution in [0.3, 0.4) is 0 Å². The number of hydrogen-bond acceptors (Lipinski definition) is 5. The number of carbonyl (C=O) groups excluding carboxylic acids is 3. The highest BCUT2D eigenvalue weighted by molar-refractivity contribution is 6.07. The van der Waals surface area contributed by atoms with E-state index in [1.54, 1.807) is 0 Å². The van der Waals surface area contributed by atoms with Crippen LogP contribution in [0.1, 0.15) is 26.3 Å². The highest BCUT2D eigenvalue weighted by Crippen LogP contribution is 2.20. The lowest BCUT2D eigenvalue weighted by Gasteiger charge is -2.10. The minimum absolute atomic E-state index is 0.0867. The smallest absolute Gasteiger partial charge is 0.339 e. The van der Waals surface area contributed by atoms with Crippen molar-refractivity contribution in [3.63, 3.8) is 0 Å². The van der Waals surface area contributed by atoms with E-state index < -0.39 is 17.8 Å². The fraction of sp³-hybridized carbons (Fsp3) is 0.105. The molecule has 6 nitrogen and oxygen atoms in total. The molecule has 7 heteroatoms. The Kier molecular flexibility index (Phi) is 6.21. The second kappa shape index (κ2) is 8.57. The van der Waals surface area contributed by atoms with Gasteiger partial charge in [0, 0.05) is 6.08 Å². The number of halogens is 1. The van der Waals surface area contributed by atoms with E-state index in [9.17, 15) is 18.8 Å². The quantitative estimate of drug-likeness (QED) is 0.657. The van der Waals surface area contributed by atoms with Crippen LogP contribution in [-0.2, 0) is 14.3 Å². The van der Waals surface area contributed by atoms with Crippen molar-refractivity contribution in [1.82, 2.24) is 0 Å². The van der Waals surface area contributed by atoms with Gasteiger partial charge in [-0.1, -0.05) is 12.1 Å². The molecule has 0 saturated heterocycles. The van der Waals surface area contributed by atoms with E-state index in [4.69, 9.17) is 0 Å². The van der Waals surface area contributed by atoms with Crippen LogP contribution in [0, 0.1) is 5.82 Å². The normalized spacial score (nSPS) is 10.4. The van der Waals surface area contributed by atoms with E-state index in [0.717, 1.165) is 0 Å². The Morgan fingerprint density at radius 3 is 2.23 bits per heavy atom. The van der Waals surface area contributed by atoms with Gasteiger partial charge in [0.2, 0.25) is 5.91 Å². The number of benzene rings is 2. The second-order valence-electron chi connectivity index (χ2n) is 5.12. The molecule has 1 N–H and O–H groups in total. The minimum atomic E-state index is -0.667. The van der Waals surface area contributed by atoms with Crippen molar-refractivity contribution in [3.8, 4) is 0 Å². The Morgan fingerprint density at radius 2 is 1.62 bits per heavy atom. The first-order valence-electron chi connectivity index (χ1n) is 7.50. The van der Waals surface area contributed by atoms with Gasteiger partial charge in [0.15, 0.2) is 0 Å². The number of methoxy groups -OCH3 is 2. The Bertz CT molecular complexity index is 859. The summed E-state index contributed by atoms with van der Waals surface area (Å²) in [5.74, 6) is -2.20. The Morgan fingerprint density at radius 1 is 0.962 bits per heavy atom. The molecule has 0 unspecified atom stereocenters. The number of hydrogen-bond donors (Lipinski definition) is 1. The third-order valence-electron chi connectivity index (χ3n) is 3.40. The van der Waals surface area contributed by atoms with Crippen LogP contribution in [-0.4, -0.2) is 32.1 Å². The molecular formula is C19H16FNO5. The molecule has 0 aliphatic heterocycles. The van der Waals surface area contributed by atoms with Crippen LogP contribution in [0.25, 0.3) is 6.08 Å². The van der Waals surface area contributed by atoms with Gasteiger partial charge in [-0.25, -0.2) is 14.0 Å². The molecule has 2 aromatic carbocycles. The van der Waals surface area contributed by atoms with Crippen molar-refractivity contribution in [2.75, 3.05) is 19.5 Å². The van der Waals surface area contributed by atoms with Gasteiger partial charge in [-0.3, -0.25) is 4.79 Å². The molecular weight excluding hydrogens is 341 g/mol. The number of rotatable bonds is 5. The minimum Gasteiger partial charge on any atom is -0.465 e. The highest BCUT2D eigenvalue weighted by atomic mass is 19.1. The number of ether oxygens (including phenoxy) is 2. The fourth-order valence-corrected chi connectivity index (χ4v) is 2.10. The van der Waals surface area contributed by atoms with Crippen LogP contribution in [0.15, 0.2) is 48.5 Å². The van der Waals surface area contributed by atoms with Crippen LogP contribution >= 0.6 is 0 Å². The second-order valence-corrected chi connectivity index (χ2v) is 5.12. The highest BCUT2D eigenvalue weighted by Gasteiger charge is 2.16. The Hall–Kier alpha value is -3.48. The number of anilines is 1. The van der Waals surface area contributed by atoms with Crippen LogP contribution < -0.4 is 5.32 Å². The summed E-state index contributed by atoms with van der Waals surface area (Å²) < 4.78 is 22.2. The van der Waals surface area contributed by atoms with E-state index in [2.05, 4.69) is 14.8 Å². The maximum Gasteiger partial charge on any atom is 0.339 e. The summed E-state index contributed by atoms with van der Waals surface area (Å²) >= 11 is 0. The predicted octanol–water partition coefficient (Wildman–Crippen LogP) is 3.05. The lowest BCUT2D eigenvalue weighted by molar-refractivity contribution is -0.111. The number of nitrogens with one attached hydrogen (secondary N) is 1. The third-order valence-corrected chi connectivity index (χ3v) is 3.40. The first kappa shape index (κ1) is 18.9. The van der Waals surface area contributed by atoms with Gasteiger partial charge in [0.25, 0.3) is 0 Å². The van der Waals surface area contributed by atoms with Gasteiger partial charge in [-0.05, 0) is 42.0 Å². The van der Waals surface area contributed by atoms with Crippen molar-refractivity contribution in [2.45, 2.75) is 0 Å². The monoisotopic (exact) mass is 357 g/mol. The largest absolute Gasteiger partial charge is 0.465 e. The zero-order chi connectivity index (χ0) is 19.1. The molecule has 0 spiro atoms. The summed E-state index contributed by atoms with van der Waals surface area (Å²) in [4.78, 5) is 35.6. The van der Waals surface area contributed by atoms with Gasteiger partial charge < -0.3 is 14.8 Å². The Balaban J connectivity index is 2.24. The molecule has 0 bridgehead atoms. The molecule has 2 rings (SSSR count). The van der Waals surface area contributed by atoms with Gasteiger partial charge >= 0.3 is 11.9 Å². The SMILES string of the molecule is COC(=O)c1ccc(C(=O)OC)c(NC(=O)/C=C/c2ccc(F)cc2)c1. The van der Waals surface area contributed by atoms with Gasteiger partial charge in [-0.15, -0.1) is 0 Å². The van der Waals surface area contributed by atoms with E-state index in [1.165, 1.54) is 68.8 Å². The number of carbonyl (C=O) groups is 3. The number of amides is 1.